The van der Waals surface area contributed by atoms with Crippen LogP contribution in [0.1, 0.15) is 31.2 Å². The van der Waals surface area contributed by atoms with Crippen molar-refractivity contribution in [2.24, 2.45) is 5.73 Å². The predicted molar refractivity (Wildman–Crippen MR) is 73.6 cm³/mol. The number of ether oxygens (including phenoxy) is 1. The van der Waals surface area contributed by atoms with Gasteiger partial charge in [-0.25, -0.2) is 4.68 Å². The van der Waals surface area contributed by atoms with Gasteiger partial charge in [0.15, 0.2) is 0 Å². The summed E-state index contributed by atoms with van der Waals surface area (Å²) in [7, 11) is 0. The maximum atomic E-state index is 5.76. The van der Waals surface area contributed by atoms with Crippen molar-refractivity contribution in [2.45, 2.75) is 39.5 Å². The Morgan fingerprint density at radius 2 is 2.05 bits per heavy atom. The average Bonchev–Trinajstić information content (AvgIpc) is 2.86. The molecule has 0 spiro atoms. The van der Waals surface area contributed by atoms with Crippen molar-refractivity contribution in [1.29, 1.82) is 0 Å². The normalized spacial score (nSPS) is 10.6. The van der Waals surface area contributed by atoms with Crippen LogP contribution < -0.4 is 10.5 Å². The third-order valence-electron chi connectivity index (χ3n) is 2.95. The molecule has 0 amide bonds. The summed E-state index contributed by atoms with van der Waals surface area (Å²) in [5.41, 5.74) is 7.47. The van der Waals surface area contributed by atoms with Gasteiger partial charge in [-0.3, -0.25) is 0 Å². The van der Waals surface area contributed by atoms with Crippen molar-refractivity contribution in [3.63, 3.8) is 0 Å². The van der Waals surface area contributed by atoms with E-state index in [2.05, 4.69) is 17.2 Å². The molecule has 0 unspecified atom stereocenters. The molecule has 0 fully saturated rings. The van der Waals surface area contributed by atoms with Gasteiger partial charge in [-0.2, -0.15) is 0 Å². The van der Waals surface area contributed by atoms with E-state index in [1.54, 1.807) is 0 Å². The number of rotatable bonds is 7. The fourth-order valence-electron chi connectivity index (χ4n) is 1.84. The molecular formula is C14H20N4O. The highest BCUT2D eigenvalue weighted by Gasteiger charge is 2.12. The van der Waals surface area contributed by atoms with Crippen LogP contribution in [0.3, 0.4) is 0 Å². The first-order valence-electron chi connectivity index (χ1n) is 6.64. The fourth-order valence-corrected chi connectivity index (χ4v) is 1.84. The lowest BCUT2D eigenvalue weighted by Gasteiger charge is -2.09. The molecule has 0 saturated heterocycles. The van der Waals surface area contributed by atoms with E-state index in [9.17, 15) is 0 Å². The predicted octanol–water partition coefficient (Wildman–Crippen LogP) is 2.12. The monoisotopic (exact) mass is 260 g/mol. The summed E-state index contributed by atoms with van der Waals surface area (Å²) < 4.78 is 7.65. The lowest BCUT2D eigenvalue weighted by atomic mass is 10.3. The summed E-state index contributed by atoms with van der Waals surface area (Å²) >= 11 is 0. The van der Waals surface area contributed by atoms with E-state index in [4.69, 9.17) is 10.5 Å². The Kier molecular flexibility index (Phi) is 4.92. The molecule has 0 aliphatic rings. The van der Waals surface area contributed by atoms with E-state index < -0.39 is 0 Å². The molecule has 5 nitrogen and oxygen atoms in total. The van der Waals surface area contributed by atoms with Crippen LogP contribution in [-0.2, 0) is 19.7 Å². The van der Waals surface area contributed by atoms with Crippen LogP contribution >= 0.6 is 0 Å². The second kappa shape index (κ2) is 6.89. The van der Waals surface area contributed by atoms with Crippen LogP contribution in [0.4, 0.5) is 0 Å². The van der Waals surface area contributed by atoms with Crippen molar-refractivity contribution in [2.75, 3.05) is 0 Å². The second-order valence-corrected chi connectivity index (χ2v) is 4.37. The molecule has 0 saturated carbocycles. The van der Waals surface area contributed by atoms with Gasteiger partial charge in [0.1, 0.15) is 23.7 Å². The number of hydrogen-bond acceptors (Lipinski definition) is 4. The molecule has 0 radical (unpaired) electrons. The zero-order chi connectivity index (χ0) is 13.5. The second-order valence-electron chi connectivity index (χ2n) is 4.37. The topological polar surface area (TPSA) is 66.0 Å². The molecule has 2 rings (SSSR count). The number of hydrogen-bond donors (Lipinski definition) is 1. The summed E-state index contributed by atoms with van der Waals surface area (Å²) in [5.74, 6) is 0.841. The van der Waals surface area contributed by atoms with Crippen molar-refractivity contribution in [1.82, 2.24) is 15.0 Å². The smallest absolute Gasteiger partial charge is 0.132 e. The van der Waals surface area contributed by atoms with E-state index in [0.717, 1.165) is 36.5 Å². The van der Waals surface area contributed by atoms with Gasteiger partial charge in [-0.15, -0.1) is 5.10 Å². The lowest BCUT2D eigenvalue weighted by molar-refractivity contribution is 0.289. The van der Waals surface area contributed by atoms with Crippen LogP contribution in [0.5, 0.6) is 5.75 Å². The van der Waals surface area contributed by atoms with Crippen LogP contribution in [0.25, 0.3) is 0 Å². The average molecular weight is 260 g/mol. The third kappa shape index (κ3) is 3.54. The van der Waals surface area contributed by atoms with Crippen molar-refractivity contribution in [3.05, 3.63) is 41.7 Å². The van der Waals surface area contributed by atoms with Gasteiger partial charge in [-0.1, -0.05) is 36.8 Å². The Morgan fingerprint density at radius 1 is 1.26 bits per heavy atom. The van der Waals surface area contributed by atoms with Gasteiger partial charge < -0.3 is 10.5 Å². The Balaban J connectivity index is 2.07. The highest BCUT2D eigenvalue weighted by atomic mass is 16.5. The van der Waals surface area contributed by atoms with E-state index >= 15 is 0 Å². The number of unbranched alkanes of at least 4 members (excludes halogenated alkanes) is 1. The highest BCUT2D eigenvalue weighted by molar-refractivity contribution is 5.21. The van der Waals surface area contributed by atoms with Crippen LogP contribution in [0, 0.1) is 0 Å². The van der Waals surface area contributed by atoms with E-state index in [1.165, 1.54) is 0 Å². The Bertz CT molecular complexity index is 495. The SMILES string of the molecule is CCCCn1nnc(CN)c1COc1ccccc1. The molecule has 0 bridgehead atoms. The minimum Gasteiger partial charge on any atom is -0.487 e. The molecule has 1 aromatic heterocycles. The molecule has 2 N–H and O–H groups in total. The van der Waals surface area contributed by atoms with Gasteiger partial charge in [0.25, 0.3) is 0 Å². The zero-order valence-corrected chi connectivity index (χ0v) is 11.2. The van der Waals surface area contributed by atoms with Gasteiger partial charge in [0.2, 0.25) is 0 Å². The number of aromatic nitrogens is 3. The number of aryl methyl sites for hydroxylation is 1. The van der Waals surface area contributed by atoms with Crippen molar-refractivity contribution in [3.8, 4) is 5.75 Å². The molecule has 0 aliphatic heterocycles. The van der Waals surface area contributed by atoms with Crippen LogP contribution in [-0.4, -0.2) is 15.0 Å². The quantitative estimate of drug-likeness (QED) is 0.828. The van der Waals surface area contributed by atoms with E-state index in [-0.39, 0.29) is 0 Å². The summed E-state index contributed by atoms with van der Waals surface area (Å²) in [5, 5.41) is 8.25. The molecule has 2 aromatic rings. The standard InChI is InChI=1S/C14H20N4O/c1-2-3-9-18-14(13(10-15)16-17-18)11-19-12-7-5-4-6-8-12/h4-8H,2-3,9-11,15H2,1H3. The Morgan fingerprint density at radius 3 is 2.74 bits per heavy atom. The molecule has 5 heteroatoms. The van der Waals surface area contributed by atoms with Crippen molar-refractivity contribution < 1.29 is 4.74 Å². The number of benzene rings is 1. The van der Waals surface area contributed by atoms with E-state index in [0.29, 0.717) is 13.2 Å². The van der Waals surface area contributed by atoms with Gasteiger partial charge >= 0.3 is 0 Å². The summed E-state index contributed by atoms with van der Waals surface area (Å²) in [4.78, 5) is 0. The van der Waals surface area contributed by atoms with Gasteiger partial charge in [0, 0.05) is 13.1 Å². The van der Waals surface area contributed by atoms with Crippen LogP contribution in [0.15, 0.2) is 30.3 Å². The minimum atomic E-state index is 0.389. The number of nitrogens with two attached hydrogens (primary N) is 1. The molecule has 102 valence electrons. The van der Waals surface area contributed by atoms with E-state index in [1.807, 2.05) is 35.0 Å². The largest absolute Gasteiger partial charge is 0.487 e. The lowest BCUT2D eigenvalue weighted by Crippen LogP contribution is -2.11. The first-order valence-corrected chi connectivity index (χ1v) is 6.64. The Hall–Kier alpha value is -1.88. The zero-order valence-electron chi connectivity index (χ0n) is 11.2. The maximum absolute atomic E-state index is 5.76. The number of nitrogens with zero attached hydrogens (tertiary/aromatic N) is 3. The summed E-state index contributed by atoms with van der Waals surface area (Å²) in [6, 6.07) is 9.73. The fraction of sp³-hybridized carbons (Fsp3) is 0.429. The first-order chi connectivity index (χ1) is 9.35. The minimum absolute atomic E-state index is 0.389. The highest BCUT2D eigenvalue weighted by Crippen LogP contribution is 2.13. The van der Waals surface area contributed by atoms with Gasteiger partial charge in [0.05, 0.1) is 0 Å². The first kappa shape index (κ1) is 13.5. The van der Waals surface area contributed by atoms with Crippen LogP contribution in [0.2, 0.25) is 0 Å². The maximum Gasteiger partial charge on any atom is 0.132 e. The number of para-hydroxylation sites is 1. The molecule has 1 aromatic carbocycles. The van der Waals surface area contributed by atoms with Crippen molar-refractivity contribution >= 4 is 0 Å². The molecule has 0 atom stereocenters. The molecule has 0 aliphatic carbocycles. The Labute approximate surface area is 113 Å². The third-order valence-corrected chi connectivity index (χ3v) is 2.95. The summed E-state index contributed by atoms with van der Waals surface area (Å²) in [6.45, 7) is 3.85. The molecule has 1 heterocycles. The molecule has 19 heavy (non-hydrogen) atoms. The molecular weight excluding hydrogens is 240 g/mol. The van der Waals surface area contributed by atoms with Gasteiger partial charge in [-0.05, 0) is 18.6 Å². The summed E-state index contributed by atoms with van der Waals surface area (Å²) in [6.07, 6.45) is 2.20.